The van der Waals surface area contributed by atoms with Crippen LogP contribution < -0.4 is 5.73 Å². The lowest BCUT2D eigenvalue weighted by molar-refractivity contribution is 0.0664. The molecule has 1 fully saturated rings. The Labute approximate surface area is 117 Å². The Morgan fingerprint density at radius 1 is 1.28 bits per heavy atom. The normalized spacial score (nSPS) is 25.2. The molecule has 18 heavy (non-hydrogen) atoms. The summed E-state index contributed by atoms with van der Waals surface area (Å²) < 4.78 is 0. The van der Waals surface area contributed by atoms with Gasteiger partial charge in [-0.3, -0.25) is 4.90 Å². The molecule has 1 aliphatic rings. The highest BCUT2D eigenvalue weighted by Gasteiger charge is 2.35. The first kappa shape index (κ1) is 15.5. The van der Waals surface area contributed by atoms with Crippen LogP contribution in [0.25, 0.3) is 0 Å². The standard InChI is InChI=1S/C15H24N2.ClH/c1-12(13-7-5-4-6-8-13)17-10-9-14(16)15(2,3)11-17;/h4-8,12,14H,9-11,16H2,1-3H3;1H. The Balaban J connectivity index is 0.00000162. The Hall–Kier alpha value is -0.570. The van der Waals surface area contributed by atoms with Gasteiger partial charge in [0.15, 0.2) is 0 Å². The minimum absolute atomic E-state index is 0. The first-order valence-electron chi connectivity index (χ1n) is 6.55. The second kappa shape index (κ2) is 6.05. The van der Waals surface area contributed by atoms with Crippen molar-refractivity contribution >= 4 is 12.4 Å². The lowest BCUT2D eigenvalue weighted by atomic mass is 9.79. The first-order chi connectivity index (χ1) is 8.00. The van der Waals surface area contributed by atoms with Crippen LogP contribution in [0.5, 0.6) is 0 Å². The van der Waals surface area contributed by atoms with E-state index in [1.54, 1.807) is 0 Å². The first-order valence-corrected chi connectivity index (χ1v) is 6.55. The molecule has 2 nitrogen and oxygen atoms in total. The molecule has 3 heteroatoms. The van der Waals surface area contributed by atoms with Gasteiger partial charge in [-0.2, -0.15) is 0 Å². The van der Waals surface area contributed by atoms with Gasteiger partial charge in [-0.05, 0) is 24.3 Å². The number of rotatable bonds is 2. The predicted octanol–water partition coefficient (Wildman–Crippen LogP) is 3.23. The number of piperidine rings is 1. The van der Waals surface area contributed by atoms with Crippen molar-refractivity contribution < 1.29 is 0 Å². The molecule has 1 aromatic rings. The van der Waals surface area contributed by atoms with E-state index < -0.39 is 0 Å². The van der Waals surface area contributed by atoms with E-state index >= 15 is 0 Å². The van der Waals surface area contributed by atoms with Crippen molar-refractivity contribution in [2.75, 3.05) is 13.1 Å². The van der Waals surface area contributed by atoms with Gasteiger partial charge in [0.25, 0.3) is 0 Å². The minimum Gasteiger partial charge on any atom is -0.327 e. The third-order valence-electron chi connectivity index (χ3n) is 4.17. The maximum atomic E-state index is 6.19. The molecule has 0 bridgehead atoms. The van der Waals surface area contributed by atoms with E-state index in [9.17, 15) is 0 Å². The van der Waals surface area contributed by atoms with Crippen molar-refractivity contribution in [3.05, 3.63) is 35.9 Å². The minimum atomic E-state index is 0. The van der Waals surface area contributed by atoms with Crippen LogP contribution in [0.15, 0.2) is 30.3 Å². The van der Waals surface area contributed by atoms with Gasteiger partial charge in [-0.15, -0.1) is 12.4 Å². The number of benzene rings is 1. The summed E-state index contributed by atoms with van der Waals surface area (Å²) in [5.74, 6) is 0. The summed E-state index contributed by atoms with van der Waals surface area (Å²) in [7, 11) is 0. The summed E-state index contributed by atoms with van der Waals surface area (Å²) in [6.45, 7) is 9.05. The number of hydrogen-bond donors (Lipinski definition) is 1. The van der Waals surface area contributed by atoms with Crippen LogP contribution in [0, 0.1) is 5.41 Å². The molecule has 0 spiro atoms. The van der Waals surface area contributed by atoms with Crippen molar-refractivity contribution in [3.63, 3.8) is 0 Å². The number of halogens is 1. The van der Waals surface area contributed by atoms with Crippen molar-refractivity contribution in [1.29, 1.82) is 0 Å². The van der Waals surface area contributed by atoms with Gasteiger partial charge in [0.1, 0.15) is 0 Å². The van der Waals surface area contributed by atoms with Gasteiger partial charge in [0.05, 0.1) is 0 Å². The number of nitrogens with two attached hydrogens (primary N) is 1. The molecular weight excluding hydrogens is 244 g/mol. The quantitative estimate of drug-likeness (QED) is 0.892. The molecule has 102 valence electrons. The number of nitrogens with zero attached hydrogens (tertiary/aromatic N) is 1. The second-order valence-corrected chi connectivity index (χ2v) is 5.94. The highest BCUT2D eigenvalue weighted by Crippen LogP contribution is 2.32. The zero-order valence-corrected chi connectivity index (χ0v) is 12.4. The third-order valence-corrected chi connectivity index (χ3v) is 4.17. The smallest absolute Gasteiger partial charge is 0.0320 e. The van der Waals surface area contributed by atoms with Crippen molar-refractivity contribution in [2.45, 2.75) is 39.3 Å². The Morgan fingerprint density at radius 3 is 2.44 bits per heavy atom. The summed E-state index contributed by atoms with van der Waals surface area (Å²) in [5, 5.41) is 0. The summed E-state index contributed by atoms with van der Waals surface area (Å²) in [5.41, 5.74) is 7.81. The molecule has 0 aromatic heterocycles. The molecule has 0 amide bonds. The maximum Gasteiger partial charge on any atom is 0.0320 e. The molecule has 1 aliphatic heterocycles. The fraction of sp³-hybridized carbons (Fsp3) is 0.600. The Bertz CT molecular complexity index is 364. The van der Waals surface area contributed by atoms with E-state index in [-0.39, 0.29) is 17.8 Å². The molecule has 2 rings (SSSR count). The molecule has 0 radical (unpaired) electrons. The molecule has 2 N–H and O–H groups in total. The average molecular weight is 269 g/mol. The van der Waals surface area contributed by atoms with Gasteiger partial charge >= 0.3 is 0 Å². The zero-order chi connectivity index (χ0) is 12.5. The van der Waals surface area contributed by atoms with Gasteiger partial charge < -0.3 is 5.73 Å². The summed E-state index contributed by atoms with van der Waals surface area (Å²) in [6, 6.07) is 11.6. The van der Waals surface area contributed by atoms with E-state index in [1.807, 2.05) is 0 Å². The van der Waals surface area contributed by atoms with E-state index in [0.717, 1.165) is 19.5 Å². The zero-order valence-electron chi connectivity index (χ0n) is 11.6. The van der Waals surface area contributed by atoms with Crippen LogP contribution >= 0.6 is 12.4 Å². The van der Waals surface area contributed by atoms with Gasteiger partial charge in [0, 0.05) is 25.2 Å². The summed E-state index contributed by atoms with van der Waals surface area (Å²) >= 11 is 0. The van der Waals surface area contributed by atoms with Crippen LogP contribution in [-0.2, 0) is 0 Å². The van der Waals surface area contributed by atoms with Crippen LogP contribution in [0.2, 0.25) is 0 Å². The lowest BCUT2D eigenvalue weighted by Crippen LogP contribution is -2.52. The summed E-state index contributed by atoms with van der Waals surface area (Å²) in [4.78, 5) is 2.55. The van der Waals surface area contributed by atoms with Gasteiger partial charge in [-0.25, -0.2) is 0 Å². The Kier molecular flexibility index (Phi) is 5.20. The van der Waals surface area contributed by atoms with Crippen molar-refractivity contribution in [1.82, 2.24) is 4.90 Å². The fourth-order valence-corrected chi connectivity index (χ4v) is 2.69. The van der Waals surface area contributed by atoms with E-state index in [1.165, 1.54) is 5.56 Å². The molecule has 1 aromatic carbocycles. The van der Waals surface area contributed by atoms with Gasteiger partial charge in [0.2, 0.25) is 0 Å². The molecule has 2 unspecified atom stereocenters. The number of likely N-dealkylation sites (tertiary alicyclic amines) is 1. The third kappa shape index (κ3) is 3.25. The average Bonchev–Trinajstić information content (AvgIpc) is 2.33. The maximum absolute atomic E-state index is 6.19. The van der Waals surface area contributed by atoms with Gasteiger partial charge in [-0.1, -0.05) is 44.2 Å². The van der Waals surface area contributed by atoms with Crippen LogP contribution in [0.3, 0.4) is 0 Å². The second-order valence-electron chi connectivity index (χ2n) is 5.94. The van der Waals surface area contributed by atoms with Crippen molar-refractivity contribution in [2.24, 2.45) is 11.1 Å². The van der Waals surface area contributed by atoms with E-state index in [4.69, 9.17) is 5.73 Å². The molecule has 2 atom stereocenters. The van der Waals surface area contributed by atoms with Crippen LogP contribution in [0.1, 0.15) is 38.8 Å². The summed E-state index contributed by atoms with van der Waals surface area (Å²) in [6.07, 6.45) is 1.10. The van der Waals surface area contributed by atoms with Crippen LogP contribution in [-0.4, -0.2) is 24.0 Å². The predicted molar refractivity (Wildman–Crippen MR) is 80.1 cm³/mol. The molecule has 0 aliphatic carbocycles. The van der Waals surface area contributed by atoms with Crippen molar-refractivity contribution in [3.8, 4) is 0 Å². The highest BCUT2D eigenvalue weighted by atomic mass is 35.5. The highest BCUT2D eigenvalue weighted by molar-refractivity contribution is 5.85. The molecular formula is C15H25ClN2. The molecule has 1 heterocycles. The lowest BCUT2D eigenvalue weighted by Gasteiger charge is -2.45. The Morgan fingerprint density at radius 2 is 1.89 bits per heavy atom. The van der Waals surface area contributed by atoms with Crippen LogP contribution in [0.4, 0.5) is 0 Å². The van der Waals surface area contributed by atoms with E-state index in [0.29, 0.717) is 12.1 Å². The monoisotopic (exact) mass is 268 g/mol. The number of hydrogen-bond acceptors (Lipinski definition) is 2. The fourth-order valence-electron chi connectivity index (χ4n) is 2.69. The molecule has 1 saturated heterocycles. The molecule has 0 saturated carbocycles. The van der Waals surface area contributed by atoms with E-state index in [2.05, 4.69) is 56.0 Å². The SMILES string of the molecule is CC(c1ccccc1)N1CCC(N)C(C)(C)C1.Cl. The topological polar surface area (TPSA) is 29.3 Å². The largest absolute Gasteiger partial charge is 0.327 e.